The molecule has 3 rings (SSSR count). The first kappa shape index (κ1) is 13.1. The number of furan rings is 1. The molecule has 0 saturated heterocycles. The van der Waals surface area contributed by atoms with E-state index in [0.29, 0.717) is 23.0 Å². The van der Waals surface area contributed by atoms with Crippen LogP contribution in [-0.4, -0.2) is 16.0 Å². The molecule has 0 unspecified atom stereocenters. The first-order chi connectivity index (χ1) is 10.2. The topological polar surface area (TPSA) is 81.2 Å². The molecule has 0 aliphatic carbocycles. The minimum atomic E-state index is -0.169. The van der Waals surface area contributed by atoms with Crippen LogP contribution in [0.5, 0.6) is 0 Å². The van der Waals surface area contributed by atoms with Gasteiger partial charge in [-0.25, -0.2) is 0 Å². The third-order valence-corrected chi connectivity index (χ3v) is 3.00. The Morgan fingerprint density at radius 1 is 1.24 bits per heavy atom. The second kappa shape index (κ2) is 5.62. The van der Waals surface area contributed by atoms with Crippen LogP contribution >= 0.6 is 0 Å². The summed E-state index contributed by atoms with van der Waals surface area (Å²) < 4.78 is 10.2. The van der Waals surface area contributed by atoms with E-state index in [2.05, 4.69) is 15.5 Å². The van der Waals surface area contributed by atoms with Gasteiger partial charge in [0.2, 0.25) is 0 Å². The van der Waals surface area contributed by atoms with Gasteiger partial charge in [-0.15, -0.1) is 0 Å². The standard InChI is InChI=1S/C15H13N3O3/c1-10-5-2-3-6-11(10)14(19)16-9-13-17-15(21-18-13)12-7-4-8-20-12/h2-8H,9H2,1H3,(H,16,19). The maximum atomic E-state index is 12.1. The molecule has 1 aromatic carbocycles. The van der Waals surface area contributed by atoms with Crippen LogP contribution in [0.1, 0.15) is 21.7 Å². The summed E-state index contributed by atoms with van der Waals surface area (Å²) in [5.41, 5.74) is 1.55. The number of amides is 1. The van der Waals surface area contributed by atoms with Crippen molar-refractivity contribution in [2.75, 3.05) is 0 Å². The summed E-state index contributed by atoms with van der Waals surface area (Å²) in [5.74, 6) is 1.01. The smallest absolute Gasteiger partial charge is 0.293 e. The number of carbonyl (C=O) groups excluding carboxylic acids is 1. The Balaban J connectivity index is 1.66. The highest BCUT2D eigenvalue weighted by molar-refractivity contribution is 5.95. The lowest BCUT2D eigenvalue weighted by Crippen LogP contribution is -2.24. The molecule has 6 nitrogen and oxygen atoms in total. The Bertz CT molecular complexity index is 747. The first-order valence-corrected chi connectivity index (χ1v) is 6.44. The highest BCUT2D eigenvalue weighted by Gasteiger charge is 2.13. The molecule has 2 aromatic heterocycles. The molecule has 0 bridgehead atoms. The lowest BCUT2D eigenvalue weighted by atomic mass is 10.1. The molecular weight excluding hydrogens is 270 g/mol. The fourth-order valence-electron chi connectivity index (χ4n) is 1.91. The van der Waals surface area contributed by atoms with E-state index in [1.54, 1.807) is 18.2 Å². The fourth-order valence-corrected chi connectivity index (χ4v) is 1.91. The fraction of sp³-hybridized carbons (Fsp3) is 0.133. The lowest BCUT2D eigenvalue weighted by molar-refractivity contribution is 0.0949. The molecule has 0 aliphatic rings. The van der Waals surface area contributed by atoms with Gasteiger partial charge in [-0.05, 0) is 30.7 Å². The minimum absolute atomic E-state index is 0.169. The normalized spacial score (nSPS) is 10.5. The molecule has 2 heterocycles. The molecule has 0 radical (unpaired) electrons. The summed E-state index contributed by atoms with van der Waals surface area (Å²) >= 11 is 0. The maximum Gasteiger partial charge on any atom is 0.293 e. The van der Waals surface area contributed by atoms with E-state index in [-0.39, 0.29) is 12.5 Å². The van der Waals surface area contributed by atoms with Gasteiger partial charge >= 0.3 is 0 Å². The summed E-state index contributed by atoms with van der Waals surface area (Å²) in [6.07, 6.45) is 1.53. The number of rotatable bonds is 4. The zero-order valence-electron chi connectivity index (χ0n) is 11.4. The SMILES string of the molecule is Cc1ccccc1C(=O)NCc1noc(-c2ccco2)n1. The van der Waals surface area contributed by atoms with Gasteiger partial charge in [-0.3, -0.25) is 4.79 Å². The highest BCUT2D eigenvalue weighted by Crippen LogP contribution is 2.16. The van der Waals surface area contributed by atoms with Crippen LogP contribution in [0.4, 0.5) is 0 Å². The summed E-state index contributed by atoms with van der Waals surface area (Å²) in [7, 11) is 0. The number of hydrogen-bond acceptors (Lipinski definition) is 5. The molecule has 6 heteroatoms. The number of benzene rings is 1. The van der Waals surface area contributed by atoms with Gasteiger partial charge in [-0.2, -0.15) is 4.98 Å². The second-order valence-corrected chi connectivity index (χ2v) is 4.49. The van der Waals surface area contributed by atoms with Crippen molar-refractivity contribution < 1.29 is 13.7 Å². The number of nitrogens with one attached hydrogen (secondary N) is 1. The van der Waals surface area contributed by atoms with Gasteiger partial charge in [0.1, 0.15) is 0 Å². The van der Waals surface area contributed by atoms with E-state index < -0.39 is 0 Å². The Morgan fingerprint density at radius 3 is 2.86 bits per heavy atom. The molecule has 21 heavy (non-hydrogen) atoms. The lowest BCUT2D eigenvalue weighted by Gasteiger charge is -2.05. The Kier molecular flexibility index (Phi) is 3.51. The Labute approximate surface area is 120 Å². The largest absolute Gasteiger partial charge is 0.459 e. The van der Waals surface area contributed by atoms with E-state index >= 15 is 0 Å². The van der Waals surface area contributed by atoms with E-state index in [1.165, 1.54) is 6.26 Å². The number of nitrogens with zero attached hydrogens (tertiary/aromatic N) is 2. The van der Waals surface area contributed by atoms with Crippen molar-refractivity contribution >= 4 is 5.91 Å². The van der Waals surface area contributed by atoms with Crippen molar-refractivity contribution in [1.82, 2.24) is 15.5 Å². The molecule has 0 aliphatic heterocycles. The molecule has 3 aromatic rings. The van der Waals surface area contributed by atoms with Gasteiger partial charge in [-0.1, -0.05) is 23.4 Å². The Hall–Kier alpha value is -2.89. The van der Waals surface area contributed by atoms with Crippen LogP contribution in [0, 0.1) is 6.92 Å². The molecule has 0 spiro atoms. The second-order valence-electron chi connectivity index (χ2n) is 4.49. The van der Waals surface area contributed by atoms with Gasteiger partial charge < -0.3 is 14.3 Å². The highest BCUT2D eigenvalue weighted by atomic mass is 16.5. The van der Waals surface area contributed by atoms with Gasteiger partial charge in [0.15, 0.2) is 11.6 Å². The average molecular weight is 283 g/mol. The van der Waals surface area contributed by atoms with Crippen molar-refractivity contribution in [2.45, 2.75) is 13.5 Å². The number of hydrogen-bond donors (Lipinski definition) is 1. The first-order valence-electron chi connectivity index (χ1n) is 6.44. The van der Waals surface area contributed by atoms with Gasteiger partial charge in [0, 0.05) is 5.56 Å². The zero-order valence-corrected chi connectivity index (χ0v) is 11.4. The van der Waals surface area contributed by atoms with Crippen LogP contribution in [0.25, 0.3) is 11.7 Å². The molecular formula is C15H13N3O3. The van der Waals surface area contributed by atoms with E-state index in [0.717, 1.165) is 5.56 Å². The molecule has 0 atom stereocenters. The van der Waals surface area contributed by atoms with Gasteiger partial charge in [0.05, 0.1) is 12.8 Å². The van der Waals surface area contributed by atoms with Crippen molar-refractivity contribution in [1.29, 1.82) is 0 Å². The van der Waals surface area contributed by atoms with Crippen molar-refractivity contribution in [3.63, 3.8) is 0 Å². The van der Waals surface area contributed by atoms with E-state index in [1.807, 2.05) is 25.1 Å². The average Bonchev–Trinajstić information content (AvgIpc) is 3.16. The summed E-state index contributed by atoms with van der Waals surface area (Å²) in [5, 5.41) is 6.56. The van der Waals surface area contributed by atoms with E-state index in [4.69, 9.17) is 8.94 Å². The quantitative estimate of drug-likeness (QED) is 0.795. The van der Waals surface area contributed by atoms with Crippen LogP contribution in [0.2, 0.25) is 0 Å². The number of carbonyl (C=O) groups is 1. The molecule has 1 N–H and O–H groups in total. The molecule has 0 saturated carbocycles. The third kappa shape index (κ3) is 2.84. The summed E-state index contributed by atoms with van der Waals surface area (Å²) in [6, 6.07) is 10.8. The monoisotopic (exact) mass is 283 g/mol. The molecule has 106 valence electrons. The molecule has 0 fully saturated rings. The Morgan fingerprint density at radius 2 is 2.10 bits per heavy atom. The van der Waals surface area contributed by atoms with Crippen LogP contribution in [0.3, 0.4) is 0 Å². The minimum Gasteiger partial charge on any atom is -0.459 e. The summed E-state index contributed by atoms with van der Waals surface area (Å²) in [6.45, 7) is 2.08. The number of aromatic nitrogens is 2. The predicted octanol–water partition coefficient (Wildman–Crippen LogP) is 2.57. The number of aryl methyl sites for hydroxylation is 1. The van der Waals surface area contributed by atoms with Crippen LogP contribution in [0.15, 0.2) is 51.6 Å². The summed E-state index contributed by atoms with van der Waals surface area (Å²) in [4.78, 5) is 16.2. The maximum absolute atomic E-state index is 12.1. The van der Waals surface area contributed by atoms with Crippen molar-refractivity contribution in [3.8, 4) is 11.7 Å². The molecule has 1 amide bonds. The van der Waals surface area contributed by atoms with Crippen molar-refractivity contribution in [2.24, 2.45) is 0 Å². The predicted molar refractivity (Wildman–Crippen MR) is 74.3 cm³/mol. The zero-order chi connectivity index (χ0) is 14.7. The third-order valence-electron chi connectivity index (χ3n) is 3.00. The van der Waals surface area contributed by atoms with Crippen molar-refractivity contribution in [3.05, 3.63) is 59.6 Å². The van der Waals surface area contributed by atoms with Crippen LogP contribution in [-0.2, 0) is 6.54 Å². The van der Waals surface area contributed by atoms with Gasteiger partial charge in [0.25, 0.3) is 11.8 Å². The van der Waals surface area contributed by atoms with E-state index in [9.17, 15) is 4.79 Å². The van der Waals surface area contributed by atoms with Crippen LogP contribution < -0.4 is 5.32 Å².